The van der Waals surface area contributed by atoms with Gasteiger partial charge in [0.1, 0.15) is 16.5 Å². The zero-order chi connectivity index (χ0) is 28.6. The molecule has 1 amide bonds. The number of anilines is 1. The lowest BCUT2D eigenvalue weighted by molar-refractivity contribution is 0.0689. The highest BCUT2D eigenvalue weighted by atomic mass is 32.2. The molecule has 5 rings (SSSR count). The first kappa shape index (κ1) is 27.0. The van der Waals surface area contributed by atoms with Gasteiger partial charge < -0.3 is 15.2 Å². The SMILES string of the molecule is Cc1ccccc1C(=O)Nc1ccc(Oc2c(C)c(C(=O)O)nn2-c2cccc(F)c2)c(S(=O)(=O)NC2CC2)c1. The number of hydrogen-bond acceptors (Lipinski definition) is 6. The molecule has 1 saturated carbocycles. The van der Waals surface area contributed by atoms with Crippen molar-refractivity contribution < 1.29 is 32.2 Å². The van der Waals surface area contributed by atoms with Gasteiger partial charge in [-0.2, -0.15) is 9.78 Å². The zero-order valence-electron chi connectivity index (χ0n) is 21.5. The molecule has 1 aromatic heterocycles. The number of carbonyl (C=O) groups excluding carboxylic acids is 1. The average molecular weight is 565 g/mol. The van der Waals surface area contributed by atoms with Gasteiger partial charge in [-0.05, 0) is 74.7 Å². The number of aryl methyl sites for hydroxylation is 1. The molecule has 0 bridgehead atoms. The van der Waals surface area contributed by atoms with Crippen molar-refractivity contribution in [1.29, 1.82) is 0 Å². The maximum absolute atomic E-state index is 14.0. The summed E-state index contributed by atoms with van der Waals surface area (Å²) in [5.74, 6) is -2.59. The van der Waals surface area contributed by atoms with E-state index < -0.39 is 27.7 Å². The van der Waals surface area contributed by atoms with Gasteiger partial charge >= 0.3 is 5.97 Å². The highest BCUT2D eigenvalue weighted by Crippen LogP contribution is 2.36. The summed E-state index contributed by atoms with van der Waals surface area (Å²) < 4.78 is 50.5. The lowest BCUT2D eigenvalue weighted by Crippen LogP contribution is -2.26. The molecule has 0 spiro atoms. The third kappa shape index (κ3) is 5.58. The van der Waals surface area contributed by atoms with Gasteiger partial charge in [-0.15, -0.1) is 0 Å². The Kier molecular flexibility index (Phi) is 7.13. The minimum absolute atomic E-state index is 0.104. The summed E-state index contributed by atoms with van der Waals surface area (Å²) in [6, 6.07) is 16.1. The van der Waals surface area contributed by atoms with Crippen LogP contribution in [0.15, 0.2) is 71.6 Å². The third-order valence-corrected chi connectivity index (χ3v) is 7.85. The van der Waals surface area contributed by atoms with Crippen molar-refractivity contribution in [3.63, 3.8) is 0 Å². The van der Waals surface area contributed by atoms with E-state index in [4.69, 9.17) is 4.74 Å². The Labute approximate surface area is 229 Å². The number of benzene rings is 3. The minimum atomic E-state index is -4.12. The Morgan fingerprint density at radius 1 is 1.05 bits per heavy atom. The normalized spacial score (nSPS) is 13.2. The fraction of sp³-hybridized carbons (Fsp3) is 0.179. The largest absolute Gasteiger partial charge is 0.476 e. The standard InChI is InChI=1S/C28H25FN4O6S/c1-16-6-3-4-9-22(16)26(34)30-20-12-13-23(24(15-20)40(37,38)32-19-10-11-19)39-27-17(2)25(28(35)36)31-33(27)21-8-5-7-18(29)14-21/h3-9,12-15,19,32H,10-11H2,1-2H3,(H,30,34)(H,35,36). The molecule has 206 valence electrons. The van der Waals surface area contributed by atoms with E-state index in [0.717, 1.165) is 16.3 Å². The summed E-state index contributed by atoms with van der Waals surface area (Å²) in [6.45, 7) is 3.24. The molecule has 1 fully saturated rings. The number of nitrogens with zero attached hydrogens (tertiary/aromatic N) is 2. The van der Waals surface area contributed by atoms with Crippen LogP contribution < -0.4 is 14.8 Å². The summed E-state index contributed by atoms with van der Waals surface area (Å²) >= 11 is 0. The Balaban J connectivity index is 1.58. The number of carboxylic acids is 1. The smallest absolute Gasteiger partial charge is 0.356 e. The van der Waals surface area contributed by atoms with E-state index in [2.05, 4.69) is 15.1 Å². The number of ether oxygens (including phenoxy) is 1. The third-order valence-electron chi connectivity index (χ3n) is 6.31. The molecule has 4 aromatic rings. The molecule has 3 aromatic carbocycles. The van der Waals surface area contributed by atoms with Gasteiger partial charge in [0.2, 0.25) is 15.9 Å². The topological polar surface area (TPSA) is 140 Å². The van der Waals surface area contributed by atoms with Crippen LogP contribution in [0.25, 0.3) is 5.69 Å². The lowest BCUT2D eigenvalue weighted by Gasteiger charge is -2.16. The summed E-state index contributed by atoms with van der Waals surface area (Å²) in [4.78, 5) is 24.5. The molecular formula is C28H25FN4O6S. The molecule has 0 aliphatic heterocycles. The molecule has 1 aliphatic carbocycles. The molecule has 0 saturated heterocycles. The van der Waals surface area contributed by atoms with Crippen LogP contribution in [-0.2, 0) is 10.0 Å². The van der Waals surface area contributed by atoms with Gasteiger partial charge in [0.05, 0.1) is 5.69 Å². The maximum atomic E-state index is 14.0. The van der Waals surface area contributed by atoms with Gasteiger partial charge in [-0.3, -0.25) is 4.79 Å². The number of amides is 1. The maximum Gasteiger partial charge on any atom is 0.356 e. The van der Waals surface area contributed by atoms with Gasteiger partial charge in [-0.1, -0.05) is 24.3 Å². The van der Waals surface area contributed by atoms with Crippen LogP contribution in [0.3, 0.4) is 0 Å². The van der Waals surface area contributed by atoms with Crippen molar-refractivity contribution in [2.45, 2.75) is 37.6 Å². The van der Waals surface area contributed by atoms with Crippen LogP contribution in [0.4, 0.5) is 10.1 Å². The number of aromatic carboxylic acids is 1. The zero-order valence-corrected chi connectivity index (χ0v) is 22.3. The van der Waals surface area contributed by atoms with Crippen molar-refractivity contribution in [2.75, 3.05) is 5.32 Å². The van der Waals surface area contributed by atoms with Crippen LogP contribution >= 0.6 is 0 Å². The number of hydrogen-bond donors (Lipinski definition) is 3. The first-order valence-electron chi connectivity index (χ1n) is 12.3. The summed E-state index contributed by atoms with van der Waals surface area (Å²) in [5.41, 5.74) is 1.32. The number of sulfonamides is 1. The molecule has 1 heterocycles. The second-order valence-electron chi connectivity index (χ2n) is 9.40. The Morgan fingerprint density at radius 3 is 2.48 bits per heavy atom. The average Bonchev–Trinajstić information content (AvgIpc) is 3.65. The number of halogens is 1. The second kappa shape index (κ2) is 10.5. The van der Waals surface area contributed by atoms with Gasteiger partial charge in [0, 0.05) is 22.9 Å². The number of carboxylic acid groups (broad SMARTS) is 1. The van der Waals surface area contributed by atoms with Gasteiger partial charge in [0.15, 0.2) is 5.69 Å². The number of rotatable bonds is 9. The van der Waals surface area contributed by atoms with Crippen molar-refractivity contribution in [2.24, 2.45) is 0 Å². The lowest BCUT2D eigenvalue weighted by atomic mass is 10.1. The molecule has 0 unspecified atom stereocenters. The van der Waals surface area contributed by atoms with E-state index in [0.29, 0.717) is 18.4 Å². The van der Waals surface area contributed by atoms with Crippen LogP contribution in [-0.4, -0.2) is 41.2 Å². The van der Waals surface area contributed by atoms with E-state index in [1.165, 1.54) is 43.3 Å². The molecule has 10 nitrogen and oxygen atoms in total. The molecule has 40 heavy (non-hydrogen) atoms. The molecule has 0 radical (unpaired) electrons. The fourth-order valence-corrected chi connectivity index (χ4v) is 5.54. The van der Waals surface area contributed by atoms with E-state index in [-0.39, 0.29) is 45.2 Å². The second-order valence-corrected chi connectivity index (χ2v) is 11.1. The summed E-state index contributed by atoms with van der Waals surface area (Å²) in [7, 11) is -4.12. The number of carbonyl (C=O) groups is 2. The van der Waals surface area contributed by atoms with E-state index in [1.807, 2.05) is 0 Å². The predicted molar refractivity (Wildman–Crippen MR) is 144 cm³/mol. The van der Waals surface area contributed by atoms with Crippen molar-refractivity contribution in [3.05, 3.63) is 94.9 Å². The highest BCUT2D eigenvalue weighted by Gasteiger charge is 2.31. The first-order valence-corrected chi connectivity index (χ1v) is 13.8. The molecule has 0 atom stereocenters. The molecule has 1 aliphatic rings. The van der Waals surface area contributed by atoms with Crippen LogP contribution in [0.2, 0.25) is 0 Å². The molecule has 3 N–H and O–H groups in total. The van der Waals surface area contributed by atoms with Crippen molar-refractivity contribution in [1.82, 2.24) is 14.5 Å². The Hall–Kier alpha value is -4.55. The van der Waals surface area contributed by atoms with Gasteiger partial charge in [0.25, 0.3) is 5.91 Å². The molecule has 12 heteroatoms. The van der Waals surface area contributed by atoms with Gasteiger partial charge in [-0.25, -0.2) is 22.3 Å². The van der Waals surface area contributed by atoms with Crippen LogP contribution in [0.5, 0.6) is 11.6 Å². The Morgan fingerprint density at radius 2 is 1.80 bits per heavy atom. The minimum Gasteiger partial charge on any atom is -0.476 e. The van der Waals surface area contributed by atoms with E-state index in [9.17, 15) is 27.5 Å². The summed E-state index contributed by atoms with van der Waals surface area (Å²) in [5, 5.41) is 16.4. The number of aromatic nitrogens is 2. The van der Waals surface area contributed by atoms with Crippen LogP contribution in [0, 0.1) is 19.7 Å². The Bertz CT molecular complexity index is 1750. The fourth-order valence-electron chi connectivity index (χ4n) is 4.08. The van der Waals surface area contributed by atoms with Crippen molar-refractivity contribution in [3.8, 4) is 17.3 Å². The van der Waals surface area contributed by atoms with E-state index in [1.54, 1.807) is 31.2 Å². The molecular weight excluding hydrogens is 539 g/mol. The van der Waals surface area contributed by atoms with Crippen LogP contribution in [0.1, 0.15) is 44.8 Å². The van der Waals surface area contributed by atoms with E-state index >= 15 is 0 Å². The number of nitrogens with one attached hydrogen (secondary N) is 2. The summed E-state index contributed by atoms with van der Waals surface area (Å²) in [6.07, 6.45) is 1.37. The monoisotopic (exact) mass is 564 g/mol. The first-order chi connectivity index (χ1) is 19.0. The highest BCUT2D eigenvalue weighted by molar-refractivity contribution is 7.89. The quantitative estimate of drug-likeness (QED) is 0.265. The predicted octanol–water partition coefficient (Wildman–Crippen LogP) is 4.81. The van der Waals surface area contributed by atoms with Crippen molar-refractivity contribution >= 4 is 27.6 Å².